The van der Waals surface area contributed by atoms with Crippen molar-refractivity contribution in [3.8, 4) is 0 Å². The smallest absolute Gasteiger partial charge is 0.226 e. The first kappa shape index (κ1) is 11.4. The Morgan fingerprint density at radius 1 is 1.47 bits per heavy atom. The highest BCUT2D eigenvalue weighted by atomic mass is 16.1. The van der Waals surface area contributed by atoms with Crippen molar-refractivity contribution >= 4 is 5.91 Å². The minimum atomic E-state index is -0.0548. The number of carbonyl (C=O) groups excluding carboxylic acids is 1. The lowest BCUT2D eigenvalue weighted by Crippen LogP contribution is -2.25. The van der Waals surface area contributed by atoms with Crippen molar-refractivity contribution in [3.05, 3.63) is 35.2 Å². The molecule has 6 nitrogen and oxygen atoms in total. The molecule has 2 aromatic rings. The molecule has 2 rings (SSSR count). The van der Waals surface area contributed by atoms with Gasteiger partial charge < -0.3 is 10.3 Å². The highest BCUT2D eigenvalue weighted by Gasteiger charge is 2.08. The van der Waals surface area contributed by atoms with E-state index >= 15 is 0 Å². The van der Waals surface area contributed by atoms with Crippen molar-refractivity contribution in [2.24, 2.45) is 0 Å². The summed E-state index contributed by atoms with van der Waals surface area (Å²) < 4.78 is 0. The van der Waals surface area contributed by atoms with Gasteiger partial charge in [0.15, 0.2) is 0 Å². The number of amides is 1. The SMILES string of the molecule is Cc1cc(CNC(=O)Cc2nc[nH]c2C)n[nH]1. The van der Waals surface area contributed by atoms with E-state index in [1.165, 1.54) is 0 Å². The summed E-state index contributed by atoms with van der Waals surface area (Å²) in [6.45, 7) is 4.25. The Labute approximate surface area is 98.9 Å². The molecule has 90 valence electrons. The maximum absolute atomic E-state index is 11.6. The van der Waals surface area contributed by atoms with Gasteiger partial charge in [-0.05, 0) is 19.9 Å². The van der Waals surface area contributed by atoms with Crippen LogP contribution in [0.2, 0.25) is 0 Å². The van der Waals surface area contributed by atoms with Crippen molar-refractivity contribution in [2.75, 3.05) is 0 Å². The zero-order valence-corrected chi connectivity index (χ0v) is 9.87. The van der Waals surface area contributed by atoms with Crippen LogP contribution in [0.15, 0.2) is 12.4 Å². The van der Waals surface area contributed by atoms with E-state index in [1.807, 2.05) is 19.9 Å². The molecule has 0 atom stereocenters. The van der Waals surface area contributed by atoms with Gasteiger partial charge in [-0.3, -0.25) is 9.89 Å². The molecule has 6 heteroatoms. The first-order chi connectivity index (χ1) is 8.15. The summed E-state index contributed by atoms with van der Waals surface area (Å²) in [5.41, 5.74) is 3.52. The number of nitrogens with zero attached hydrogens (tertiary/aromatic N) is 2. The van der Waals surface area contributed by atoms with Crippen molar-refractivity contribution in [1.29, 1.82) is 0 Å². The fourth-order valence-corrected chi connectivity index (χ4v) is 1.53. The molecule has 2 heterocycles. The van der Waals surface area contributed by atoms with Crippen molar-refractivity contribution in [3.63, 3.8) is 0 Å². The number of imidazole rings is 1. The number of carbonyl (C=O) groups is 1. The summed E-state index contributed by atoms with van der Waals surface area (Å²) in [4.78, 5) is 18.7. The second-order valence-electron chi connectivity index (χ2n) is 3.97. The molecule has 0 fully saturated rings. The van der Waals surface area contributed by atoms with E-state index in [0.29, 0.717) is 13.0 Å². The number of aromatic amines is 2. The van der Waals surface area contributed by atoms with E-state index < -0.39 is 0 Å². The van der Waals surface area contributed by atoms with E-state index in [1.54, 1.807) is 6.33 Å². The Kier molecular flexibility index (Phi) is 3.22. The van der Waals surface area contributed by atoms with Gasteiger partial charge in [-0.1, -0.05) is 0 Å². The van der Waals surface area contributed by atoms with Crippen LogP contribution < -0.4 is 5.32 Å². The normalized spacial score (nSPS) is 10.5. The number of H-pyrrole nitrogens is 2. The maximum atomic E-state index is 11.6. The molecule has 1 amide bonds. The lowest BCUT2D eigenvalue weighted by atomic mass is 10.2. The highest BCUT2D eigenvalue weighted by molar-refractivity contribution is 5.78. The van der Waals surface area contributed by atoms with Gasteiger partial charge in [0.05, 0.1) is 30.7 Å². The van der Waals surface area contributed by atoms with Crippen LogP contribution in [0.1, 0.15) is 22.8 Å². The van der Waals surface area contributed by atoms with Gasteiger partial charge >= 0.3 is 0 Å². The summed E-state index contributed by atoms with van der Waals surface area (Å²) in [6, 6.07) is 1.90. The third-order valence-electron chi connectivity index (χ3n) is 2.49. The molecule has 0 spiro atoms. The zero-order valence-electron chi connectivity index (χ0n) is 9.87. The van der Waals surface area contributed by atoms with Gasteiger partial charge in [0.1, 0.15) is 0 Å². The molecule has 2 aromatic heterocycles. The fourth-order valence-electron chi connectivity index (χ4n) is 1.53. The lowest BCUT2D eigenvalue weighted by Gasteiger charge is -2.01. The van der Waals surface area contributed by atoms with Gasteiger partial charge in [-0.15, -0.1) is 0 Å². The monoisotopic (exact) mass is 233 g/mol. The summed E-state index contributed by atoms with van der Waals surface area (Å²) in [6.07, 6.45) is 1.88. The first-order valence-corrected chi connectivity index (χ1v) is 5.41. The summed E-state index contributed by atoms with van der Waals surface area (Å²) in [7, 11) is 0. The van der Waals surface area contributed by atoms with Gasteiger partial charge in [0.2, 0.25) is 5.91 Å². The quantitative estimate of drug-likeness (QED) is 0.723. The van der Waals surface area contributed by atoms with Crippen LogP contribution in [0.4, 0.5) is 0 Å². The Morgan fingerprint density at radius 2 is 2.29 bits per heavy atom. The number of aromatic nitrogens is 4. The third-order valence-corrected chi connectivity index (χ3v) is 2.49. The number of nitrogens with one attached hydrogen (secondary N) is 3. The molecule has 17 heavy (non-hydrogen) atoms. The van der Waals surface area contributed by atoms with E-state index in [0.717, 1.165) is 22.8 Å². The van der Waals surface area contributed by atoms with E-state index in [2.05, 4.69) is 25.5 Å². The Hall–Kier alpha value is -2.11. The standard InChI is InChI=1S/C11H15N5O/c1-7-3-9(16-15-7)5-12-11(17)4-10-8(2)13-6-14-10/h3,6H,4-5H2,1-2H3,(H,12,17)(H,13,14)(H,15,16). The van der Waals surface area contributed by atoms with Gasteiger partial charge in [0, 0.05) is 11.4 Å². The van der Waals surface area contributed by atoms with Crippen LogP contribution in [-0.2, 0) is 17.8 Å². The molecular formula is C11H15N5O. The van der Waals surface area contributed by atoms with E-state index in [-0.39, 0.29) is 5.91 Å². The number of hydrogen-bond donors (Lipinski definition) is 3. The van der Waals surface area contributed by atoms with Crippen LogP contribution in [0.25, 0.3) is 0 Å². The Morgan fingerprint density at radius 3 is 2.88 bits per heavy atom. The van der Waals surface area contributed by atoms with Gasteiger partial charge in [-0.2, -0.15) is 5.10 Å². The van der Waals surface area contributed by atoms with Crippen LogP contribution in [-0.4, -0.2) is 26.1 Å². The van der Waals surface area contributed by atoms with Crippen LogP contribution in [0.5, 0.6) is 0 Å². The summed E-state index contributed by atoms with van der Waals surface area (Å²) >= 11 is 0. The lowest BCUT2D eigenvalue weighted by molar-refractivity contribution is -0.120. The Bertz CT molecular complexity index is 513. The van der Waals surface area contributed by atoms with Crippen molar-refractivity contribution < 1.29 is 4.79 Å². The van der Waals surface area contributed by atoms with E-state index in [9.17, 15) is 4.79 Å². The van der Waals surface area contributed by atoms with Crippen LogP contribution >= 0.6 is 0 Å². The molecular weight excluding hydrogens is 218 g/mol. The number of rotatable bonds is 4. The van der Waals surface area contributed by atoms with E-state index in [4.69, 9.17) is 0 Å². The Balaban J connectivity index is 1.84. The minimum Gasteiger partial charge on any atom is -0.350 e. The summed E-state index contributed by atoms with van der Waals surface area (Å²) in [5, 5.41) is 9.67. The number of aryl methyl sites for hydroxylation is 2. The molecule has 0 saturated heterocycles. The van der Waals surface area contributed by atoms with Crippen LogP contribution in [0.3, 0.4) is 0 Å². The van der Waals surface area contributed by atoms with Gasteiger partial charge in [0.25, 0.3) is 0 Å². The molecule has 0 aromatic carbocycles. The average Bonchev–Trinajstić information content (AvgIpc) is 2.86. The van der Waals surface area contributed by atoms with Crippen molar-refractivity contribution in [1.82, 2.24) is 25.5 Å². The first-order valence-electron chi connectivity index (χ1n) is 5.41. The largest absolute Gasteiger partial charge is 0.350 e. The minimum absolute atomic E-state index is 0.0548. The predicted octanol–water partition coefficient (Wildman–Crippen LogP) is 0.609. The zero-order chi connectivity index (χ0) is 12.3. The second kappa shape index (κ2) is 4.82. The number of hydrogen-bond acceptors (Lipinski definition) is 3. The summed E-state index contributed by atoms with van der Waals surface area (Å²) in [5.74, 6) is -0.0548. The van der Waals surface area contributed by atoms with Gasteiger partial charge in [-0.25, -0.2) is 4.98 Å². The molecule has 0 radical (unpaired) electrons. The maximum Gasteiger partial charge on any atom is 0.226 e. The molecule has 0 aliphatic rings. The van der Waals surface area contributed by atoms with Crippen molar-refractivity contribution in [2.45, 2.75) is 26.8 Å². The molecule has 3 N–H and O–H groups in total. The third kappa shape index (κ3) is 2.93. The molecule has 0 bridgehead atoms. The second-order valence-corrected chi connectivity index (χ2v) is 3.97. The molecule has 0 saturated carbocycles. The molecule has 0 unspecified atom stereocenters. The van der Waals surface area contributed by atoms with Crippen LogP contribution in [0, 0.1) is 13.8 Å². The topological polar surface area (TPSA) is 86.5 Å². The molecule has 0 aliphatic heterocycles. The fraction of sp³-hybridized carbons (Fsp3) is 0.364. The predicted molar refractivity (Wildman–Crippen MR) is 62.2 cm³/mol. The molecule has 0 aliphatic carbocycles. The average molecular weight is 233 g/mol. The highest BCUT2D eigenvalue weighted by Crippen LogP contribution is 2.02.